The van der Waals surface area contributed by atoms with Crippen LogP contribution in [0.2, 0.25) is 5.02 Å². The van der Waals surface area contributed by atoms with Crippen LogP contribution in [0, 0.1) is 6.92 Å². The number of benzene rings is 2. The quantitative estimate of drug-likeness (QED) is 0.271. The smallest absolute Gasteiger partial charge is 0.416 e. The Morgan fingerprint density at radius 1 is 1.09 bits per heavy atom. The second-order valence-corrected chi connectivity index (χ2v) is 8.58. The maximum absolute atomic E-state index is 13.3. The summed E-state index contributed by atoms with van der Waals surface area (Å²) in [7, 11) is 0. The first kappa shape index (κ1) is 22.1. The summed E-state index contributed by atoms with van der Waals surface area (Å²) < 4.78 is 39.9. The molecular weight excluding hydrogens is 463 g/mol. The fourth-order valence-corrected chi connectivity index (χ4v) is 4.85. The van der Waals surface area contributed by atoms with Gasteiger partial charge in [-0.15, -0.1) is 11.3 Å². The Balaban J connectivity index is 1.96. The average molecular weight is 478 g/mol. The van der Waals surface area contributed by atoms with Gasteiger partial charge in [0.15, 0.2) is 0 Å². The number of carbonyl (C=O) groups is 2. The van der Waals surface area contributed by atoms with Crippen LogP contribution in [0.4, 0.5) is 18.9 Å². The number of Topliss-reactive ketones (excluding diaryl/α,β-unsaturated/α-hetero) is 1. The Morgan fingerprint density at radius 2 is 1.81 bits per heavy atom. The molecule has 1 unspecified atom stereocenters. The van der Waals surface area contributed by atoms with E-state index in [1.165, 1.54) is 35.6 Å². The molecule has 1 aromatic heterocycles. The molecule has 1 fully saturated rings. The second-order valence-electron chi connectivity index (χ2n) is 7.20. The number of aryl methyl sites for hydroxylation is 1. The van der Waals surface area contributed by atoms with E-state index in [-0.39, 0.29) is 16.8 Å². The highest BCUT2D eigenvalue weighted by molar-refractivity contribution is 7.10. The maximum Gasteiger partial charge on any atom is 0.416 e. The van der Waals surface area contributed by atoms with Crippen LogP contribution < -0.4 is 4.90 Å². The molecule has 1 aliphatic heterocycles. The number of anilines is 1. The number of thiophene rings is 1. The van der Waals surface area contributed by atoms with Crippen LogP contribution >= 0.6 is 22.9 Å². The minimum absolute atomic E-state index is 0.0927. The van der Waals surface area contributed by atoms with Gasteiger partial charge in [0.1, 0.15) is 11.8 Å². The van der Waals surface area contributed by atoms with Crippen molar-refractivity contribution in [3.63, 3.8) is 0 Å². The van der Waals surface area contributed by atoms with E-state index in [9.17, 15) is 27.9 Å². The molecule has 0 spiro atoms. The number of halogens is 4. The molecule has 0 bridgehead atoms. The molecular formula is C23H15ClF3NO3S. The van der Waals surface area contributed by atoms with E-state index >= 15 is 0 Å². The lowest BCUT2D eigenvalue weighted by Gasteiger charge is -2.25. The summed E-state index contributed by atoms with van der Waals surface area (Å²) in [5, 5.41) is 13.0. The molecule has 0 saturated carbocycles. The summed E-state index contributed by atoms with van der Waals surface area (Å²) in [5.74, 6) is -2.46. The molecule has 164 valence electrons. The third-order valence-corrected chi connectivity index (χ3v) is 6.45. The van der Waals surface area contributed by atoms with Crippen molar-refractivity contribution in [1.29, 1.82) is 0 Å². The molecule has 1 atom stereocenters. The first-order valence-corrected chi connectivity index (χ1v) is 10.6. The van der Waals surface area contributed by atoms with E-state index in [4.69, 9.17) is 11.6 Å². The summed E-state index contributed by atoms with van der Waals surface area (Å²) in [4.78, 5) is 27.6. The van der Waals surface area contributed by atoms with Crippen LogP contribution in [-0.2, 0) is 15.8 Å². The number of aliphatic hydroxyl groups is 1. The molecule has 2 aromatic carbocycles. The van der Waals surface area contributed by atoms with Gasteiger partial charge in [-0.3, -0.25) is 14.5 Å². The van der Waals surface area contributed by atoms with Crippen molar-refractivity contribution in [2.24, 2.45) is 0 Å². The van der Waals surface area contributed by atoms with E-state index in [0.717, 1.165) is 22.6 Å². The third kappa shape index (κ3) is 3.80. The van der Waals surface area contributed by atoms with Gasteiger partial charge in [-0.1, -0.05) is 29.8 Å². The standard InChI is InChI=1S/C23H15ClF3NO3S/c1-12-8-9-32-21(12)18-17(19(29)13-4-2-6-15(24)10-13)20(30)22(31)28(18)16-7-3-5-14(11-16)23(25,26)27/h2-11,18,29H,1H3/b19-17-. The van der Waals surface area contributed by atoms with Crippen LogP contribution in [-0.4, -0.2) is 16.8 Å². The number of carbonyl (C=O) groups excluding carboxylic acids is 2. The van der Waals surface area contributed by atoms with Crippen LogP contribution in [0.1, 0.15) is 27.6 Å². The zero-order valence-electron chi connectivity index (χ0n) is 16.5. The summed E-state index contributed by atoms with van der Waals surface area (Å²) in [5.41, 5.74) is -0.298. The van der Waals surface area contributed by atoms with Gasteiger partial charge in [-0.05, 0) is 54.3 Å². The molecule has 0 aliphatic carbocycles. The van der Waals surface area contributed by atoms with Gasteiger partial charge in [0.2, 0.25) is 0 Å². The Labute approximate surface area is 190 Å². The fourth-order valence-electron chi connectivity index (χ4n) is 3.63. The SMILES string of the molecule is Cc1ccsc1C1/C(=C(/O)c2cccc(Cl)c2)C(=O)C(=O)N1c1cccc(C(F)(F)F)c1. The van der Waals surface area contributed by atoms with Crippen molar-refractivity contribution in [2.45, 2.75) is 19.1 Å². The zero-order chi connectivity index (χ0) is 23.2. The molecule has 32 heavy (non-hydrogen) atoms. The second kappa shape index (κ2) is 8.11. The van der Waals surface area contributed by atoms with Crippen LogP contribution in [0.25, 0.3) is 5.76 Å². The van der Waals surface area contributed by atoms with Crippen molar-refractivity contribution in [2.75, 3.05) is 4.90 Å². The van der Waals surface area contributed by atoms with Gasteiger partial charge in [0, 0.05) is 21.2 Å². The summed E-state index contributed by atoms with van der Waals surface area (Å²) in [6.45, 7) is 1.76. The van der Waals surface area contributed by atoms with Crippen LogP contribution in [0.15, 0.2) is 65.6 Å². The number of ketones is 1. The fraction of sp³-hybridized carbons (Fsp3) is 0.130. The minimum Gasteiger partial charge on any atom is -0.507 e. The first-order chi connectivity index (χ1) is 15.1. The highest BCUT2D eigenvalue weighted by Crippen LogP contribution is 2.45. The predicted octanol–water partition coefficient (Wildman–Crippen LogP) is 6.36. The van der Waals surface area contributed by atoms with Crippen molar-refractivity contribution < 1.29 is 27.9 Å². The van der Waals surface area contributed by atoms with E-state index in [0.29, 0.717) is 9.90 Å². The summed E-state index contributed by atoms with van der Waals surface area (Å²) in [6.07, 6.45) is -4.63. The van der Waals surface area contributed by atoms with Gasteiger partial charge in [-0.2, -0.15) is 13.2 Å². The number of amides is 1. The van der Waals surface area contributed by atoms with Crippen molar-refractivity contribution in [3.05, 3.63) is 92.1 Å². The highest BCUT2D eigenvalue weighted by atomic mass is 35.5. The molecule has 1 aliphatic rings. The third-order valence-electron chi connectivity index (χ3n) is 5.14. The molecule has 9 heteroatoms. The molecule has 0 radical (unpaired) electrons. The van der Waals surface area contributed by atoms with Crippen molar-refractivity contribution >= 4 is 46.1 Å². The van der Waals surface area contributed by atoms with Gasteiger partial charge in [0.25, 0.3) is 11.7 Å². The lowest BCUT2D eigenvalue weighted by Crippen LogP contribution is -2.29. The lowest BCUT2D eigenvalue weighted by molar-refractivity contribution is -0.137. The Kier molecular flexibility index (Phi) is 5.60. The highest BCUT2D eigenvalue weighted by Gasteiger charge is 2.48. The van der Waals surface area contributed by atoms with Gasteiger partial charge in [0.05, 0.1) is 11.1 Å². The Morgan fingerprint density at radius 3 is 2.44 bits per heavy atom. The number of rotatable bonds is 3. The summed E-state index contributed by atoms with van der Waals surface area (Å²) >= 11 is 7.24. The lowest BCUT2D eigenvalue weighted by atomic mass is 9.98. The molecule has 1 amide bonds. The van der Waals surface area contributed by atoms with E-state index in [1.54, 1.807) is 30.5 Å². The van der Waals surface area contributed by atoms with Crippen LogP contribution in [0.3, 0.4) is 0 Å². The van der Waals surface area contributed by atoms with Gasteiger partial charge in [-0.25, -0.2) is 0 Å². The molecule has 1 saturated heterocycles. The number of hydrogen-bond donors (Lipinski definition) is 1. The average Bonchev–Trinajstić information content (AvgIpc) is 3.27. The predicted molar refractivity (Wildman–Crippen MR) is 117 cm³/mol. The number of hydrogen-bond acceptors (Lipinski definition) is 4. The normalized spacial score (nSPS) is 18.4. The summed E-state index contributed by atoms with van der Waals surface area (Å²) in [6, 6.07) is 11.0. The molecule has 3 aromatic rings. The number of aliphatic hydroxyl groups excluding tert-OH is 1. The largest absolute Gasteiger partial charge is 0.507 e. The van der Waals surface area contributed by atoms with E-state index in [2.05, 4.69) is 0 Å². The zero-order valence-corrected chi connectivity index (χ0v) is 18.1. The monoisotopic (exact) mass is 477 g/mol. The minimum atomic E-state index is -4.63. The van der Waals surface area contributed by atoms with Gasteiger partial charge < -0.3 is 5.11 Å². The number of alkyl halides is 3. The van der Waals surface area contributed by atoms with E-state index in [1.807, 2.05) is 0 Å². The molecule has 4 rings (SSSR count). The maximum atomic E-state index is 13.3. The molecule has 4 nitrogen and oxygen atoms in total. The number of nitrogens with zero attached hydrogens (tertiary/aromatic N) is 1. The first-order valence-electron chi connectivity index (χ1n) is 9.38. The van der Waals surface area contributed by atoms with E-state index < -0.39 is 35.2 Å². The van der Waals surface area contributed by atoms with Crippen LogP contribution in [0.5, 0.6) is 0 Å². The van der Waals surface area contributed by atoms with Crippen molar-refractivity contribution in [3.8, 4) is 0 Å². The molecule has 1 N–H and O–H groups in total. The van der Waals surface area contributed by atoms with Crippen molar-refractivity contribution in [1.82, 2.24) is 0 Å². The molecule has 2 heterocycles. The topological polar surface area (TPSA) is 57.6 Å². The Bertz CT molecular complexity index is 1270. The Hall–Kier alpha value is -3.10. The van der Waals surface area contributed by atoms with Gasteiger partial charge >= 0.3 is 6.18 Å².